The highest BCUT2D eigenvalue weighted by Crippen LogP contribution is 2.09. The lowest BCUT2D eigenvalue weighted by molar-refractivity contribution is -0.156. The molecule has 3 nitrogen and oxygen atoms in total. The van der Waals surface area contributed by atoms with Crippen molar-refractivity contribution in [3.8, 4) is 0 Å². The normalized spacial score (nSPS) is 27.4. The summed E-state index contributed by atoms with van der Waals surface area (Å²) in [5.74, 6) is -0.230. The Morgan fingerprint density at radius 1 is 0.944 bits per heavy atom. The van der Waals surface area contributed by atoms with Crippen LogP contribution in [0.5, 0.6) is 0 Å². The van der Waals surface area contributed by atoms with Crippen molar-refractivity contribution in [3.63, 3.8) is 0 Å². The molecule has 1 rings (SSSR count). The van der Waals surface area contributed by atoms with E-state index in [1.54, 1.807) is 6.92 Å². The van der Waals surface area contributed by atoms with Gasteiger partial charge in [-0.3, -0.25) is 0 Å². The van der Waals surface area contributed by atoms with Gasteiger partial charge in [0.25, 0.3) is 0 Å². The van der Waals surface area contributed by atoms with Gasteiger partial charge in [-0.25, -0.2) is 4.79 Å². The molecule has 1 aliphatic heterocycles. The van der Waals surface area contributed by atoms with Crippen LogP contribution in [0.15, 0.2) is 12.2 Å². The van der Waals surface area contributed by atoms with Gasteiger partial charge in [0.05, 0.1) is 13.2 Å². The average molecular weight is 254 g/mol. The third-order valence-corrected chi connectivity index (χ3v) is 3.16. The van der Waals surface area contributed by atoms with E-state index in [9.17, 15) is 4.79 Å². The largest absolute Gasteiger partial charge is 0.464 e. The van der Waals surface area contributed by atoms with Gasteiger partial charge >= 0.3 is 5.97 Å². The summed E-state index contributed by atoms with van der Waals surface area (Å²) in [6.45, 7) is 2.88. The Hall–Kier alpha value is -0.830. The molecule has 18 heavy (non-hydrogen) atoms. The minimum atomic E-state index is -0.439. The molecular weight excluding hydrogens is 228 g/mol. The summed E-state index contributed by atoms with van der Waals surface area (Å²) in [7, 11) is 0. The lowest BCUT2D eigenvalue weighted by Crippen LogP contribution is -2.24. The van der Waals surface area contributed by atoms with Gasteiger partial charge in [-0.1, -0.05) is 37.8 Å². The number of cyclic esters (lactones) is 1. The molecule has 1 unspecified atom stereocenters. The summed E-state index contributed by atoms with van der Waals surface area (Å²) >= 11 is 0. The Kier molecular flexibility index (Phi) is 8.57. The van der Waals surface area contributed by atoms with Crippen molar-refractivity contribution in [1.29, 1.82) is 0 Å². The number of esters is 1. The second kappa shape index (κ2) is 10.1. The van der Waals surface area contributed by atoms with Gasteiger partial charge in [-0.15, -0.1) is 0 Å². The standard InChI is InChI=1S/C15H26O3/c1-14-15(16)18-13-11-9-7-5-3-2-4-6-8-10-12-17-14/h6,8,14H,2-5,7,9-13H2,1H3/b8-6-. The Bertz CT molecular complexity index is 248. The zero-order valence-corrected chi connectivity index (χ0v) is 11.5. The SMILES string of the molecule is CC1OCC/C=C\CCCCCCCCOC1=O. The van der Waals surface area contributed by atoms with Crippen LogP contribution in [0.1, 0.15) is 58.3 Å². The molecule has 0 fully saturated rings. The highest BCUT2D eigenvalue weighted by Gasteiger charge is 2.13. The molecular formula is C15H26O3. The first-order chi connectivity index (χ1) is 8.80. The van der Waals surface area contributed by atoms with Crippen LogP contribution in [-0.4, -0.2) is 25.3 Å². The molecule has 0 bridgehead atoms. The highest BCUT2D eigenvalue weighted by molar-refractivity contribution is 5.74. The van der Waals surface area contributed by atoms with E-state index in [0.717, 1.165) is 25.7 Å². The molecule has 0 spiro atoms. The van der Waals surface area contributed by atoms with Gasteiger partial charge in [0.1, 0.15) is 0 Å². The van der Waals surface area contributed by atoms with Crippen molar-refractivity contribution in [1.82, 2.24) is 0 Å². The van der Waals surface area contributed by atoms with E-state index in [-0.39, 0.29) is 5.97 Å². The van der Waals surface area contributed by atoms with E-state index in [1.807, 2.05) is 0 Å². The number of carbonyl (C=O) groups excluding carboxylic acids is 1. The van der Waals surface area contributed by atoms with Crippen LogP contribution >= 0.6 is 0 Å². The van der Waals surface area contributed by atoms with Crippen LogP contribution in [0, 0.1) is 0 Å². The first kappa shape index (κ1) is 15.2. The van der Waals surface area contributed by atoms with Crippen LogP contribution in [0.3, 0.4) is 0 Å². The monoisotopic (exact) mass is 254 g/mol. The van der Waals surface area contributed by atoms with E-state index in [1.165, 1.54) is 25.7 Å². The fourth-order valence-electron chi connectivity index (χ4n) is 1.98. The fraction of sp³-hybridized carbons (Fsp3) is 0.800. The Morgan fingerprint density at radius 2 is 1.61 bits per heavy atom. The molecule has 0 saturated carbocycles. The fourth-order valence-corrected chi connectivity index (χ4v) is 1.98. The maximum Gasteiger partial charge on any atom is 0.334 e. The molecule has 1 heterocycles. The van der Waals surface area contributed by atoms with Crippen LogP contribution in [0.2, 0.25) is 0 Å². The van der Waals surface area contributed by atoms with Crippen molar-refractivity contribution in [2.24, 2.45) is 0 Å². The Labute approximate surface area is 111 Å². The lowest BCUT2D eigenvalue weighted by Gasteiger charge is -2.12. The van der Waals surface area contributed by atoms with Crippen molar-refractivity contribution < 1.29 is 14.3 Å². The molecule has 0 aromatic rings. The highest BCUT2D eigenvalue weighted by atomic mass is 16.6. The Balaban J connectivity index is 2.29. The van der Waals surface area contributed by atoms with Gasteiger partial charge in [-0.2, -0.15) is 0 Å². The molecule has 1 atom stereocenters. The molecule has 0 aromatic carbocycles. The van der Waals surface area contributed by atoms with Crippen LogP contribution < -0.4 is 0 Å². The van der Waals surface area contributed by atoms with E-state index in [0.29, 0.717) is 13.2 Å². The van der Waals surface area contributed by atoms with Gasteiger partial charge in [0.2, 0.25) is 0 Å². The van der Waals surface area contributed by atoms with E-state index in [2.05, 4.69) is 12.2 Å². The van der Waals surface area contributed by atoms with Crippen molar-refractivity contribution in [3.05, 3.63) is 12.2 Å². The second-order valence-corrected chi connectivity index (χ2v) is 4.85. The lowest BCUT2D eigenvalue weighted by atomic mass is 10.1. The molecule has 3 heteroatoms. The van der Waals surface area contributed by atoms with Gasteiger partial charge in [0.15, 0.2) is 6.10 Å². The third kappa shape index (κ3) is 7.49. The summed E-state index contributed by atoms with van der Waals surface area (Å²) in [5.41, 5.74) is 0. The van der Waals surface area contributed by atoms with E-state index < -0.39 is 6.10 Å². The summed E-state index contributed by atoms with van der Waals surface area (Å²) in [5, 5.41) is 0. The predicted octanol–water partition coefficient (Wildman–Crippen LogP) is 3.63. The zero-order valence-electron chi connectivity index (χ0n) is 11.5. The molecule has 1 aliphatic rings. The third-order valence-electron chi connectivity index (χ3n) is 3.16. The number of rotatable bonds is 0. The maximum atomic E-state index is 11.5. The second-order valence-electron chi connectivity index (χ2n) is 4.85. The topological polar surface area (TPSA) is 35.5 Å². The number of hydrogen-bond donors (Lipinski definition) is 0. The average Bonchev–Trinajstić information content (AvgIpc) is 2.37. The molecule has 0 saturated heterocycles. The summed E-state index contributed by atoms with van der Waals surface area (Å²) < 4.78 is 10.6. The van der Waals surface area contributed by atoms with Crippen LogP contribution in [-0.2, 0) is 14.3 Å². The van der Waals surface area contributed by atoms with Crippen LogP contribution in [0.25, 0.3) is 0 Å². The summed E-state index contributed by atoms with van der Waals surface area (Å²) in [6.07, 6.45) is 13.2. The minimum Gasteiger partial charge on any atom is -0.464 e. The van der Waals surface area contributed by atoms with Gasteiger partial charge in [-0.05, 0) is 32.6 Å². The number of hydrogen-bond acceptors (Lipinski definition) is 3. The van der Waals surface area contributed by atoms with Crippen molar-refractivity contribution >= 4 is 5.97 Å². The summed E-state index contributed by atoms with van der Waals surface area (Å²) in [6, 6.07) is 0. The van der Waals surface area contributed by atoms with Gasteiger partial charge < -0.3 is 9.47 Å². The smallest absolute Gasteiger partial charge is 0.334 e. The summed E-state index contributed by atoms with van der Waals surface area (Å²) in [4.78, 5) is 11.5. The molecule has 0 aromatic heterocycles. The Morgan fingerprint density at radius 3 is 2.44 bits per heavy atom. The number of carbonyl (C=O) groups is 1. The zero-order chi connectivity index (χ0) is 13.1. The number of ether oxygens (including phenoxy) is 2. The van der Waals surface area contributed by atoms with E-state index >= 15 is 0 Å². The minimum absolute atomic E-state index is 0.230. The predicted molar refractivity (Wildman–Crippen MR) is 72.4 cm³/mol. The van der Waals surface area contributed by atoms with Crippen molar-refractivity contribution in [2.45, 2.75) is 64.4 Å². The molecule has 0 N–H and O–H groups in total. The first-order valence-electron chi connectivity index (χ1n) is 7.24. The number of allylic oxidation sites excluding steroid dienone is 1. The molecule has 0 radical (unpaired) electrons. The van der Waals surface area contributed by atoms with Crippen molar-refractivity contribution in [2.75, 3.05) is 13.2 Å². The molecule has 104 valence electrons. The quantitative estimate of drug-likeness (QED) is 0.489. The maximum absolute atomic E-state index is 11.5. The molecule has 0 amide bonds. The van der Waals surface area contributed by atoms with Gasteiger partial charge in [0, 0.05) is 0 Å². The van der Waals surface area contributed by atoms with Crippen LogP contribution in [0.4, 0.5) is 0 Å². The van der Waals surface area contributed by atoms with E-state index in [4.69, 9.17) is 9.47 Å². The molecule has 0 aliphatic carbocycles. The first-order valence-corrected chi connectivity index (χ1v) is 7.24.